The van der Waals surface area contributed by atoms with Gasteiger partial charge in [-0.25, -0.2) is 0 Å². The van der Waals surface area contributed by atoms with E-state index in [0.717, 1.165) is 31.1 Å². The van der Waals surface area contributed by atoms with Gasteiger partial charge >= 0.3 is 0 Å². The van der Waals surface area contributed by atoms with Crippen molar-refractivity contribution in [2.45, 2.75) is 13.0 Å². The van der Waals surface area contributed by atoms with E-state index < -0.39 is 0 Å². The Hall–Kier alpha value is -1.13. The minimum atomic E-state index is 0.151. The first-order valence-corrected chi connectivity index (χ1v) is 5.23. The number of rotatable bonds is 3. The summed E-state index contributed by atoms with van der Waals surface area (Å²) in [5.74, 6) is 0.840. The molecular formula is C11H16N2O2. The lowest BCUT2D eigenvalue weighted by atomic mass is 10.3. The van der Waals surface area contributed by atoms with Crippen molar-refractivity contribution in [1.82, 2.24) is 10.3 Å². The highest BCUT2D eigenvalue weighted by Crippen LogP contribution is 2.14. The van der Waals surface area contributed by atoms with Crippen LogP contribution in [0.15, 0.2) is 18.3 Å². The highest BCUT2D eigenvalue weighted by atomic mass is 16.5. The molecule has 1 saturated heterocycles. The van der Waals surface area contributed by atoms with Gasteiger partial charge in [0.2, 0.25) is 0 Å². The largest absolute Gasteiger partial charge is 0.489 e. The third-order valence-electron chi connectivity index (χ3n) is 2.39. The standard InChI is InChI=1S/C11H16N2O2/c1-9-11(3-2-4-13-9)15-8-10-7-12-5-6-14-10/h2-4,10,12H,5-8H2,1H3. The molecule has 0 bridgehead atoms. The molecule has 1 N–H and O–H groups in total. The Bertz CT molecular complexity index is 311. The Balaban J connectivity index is 1.84. The molecule has 82 valence electrons. The lowest BCUT2D eigenvalue weighted by Gasteiger charge is -2.23. The fourth-order valence-electron chi connectivity index (χ4n) is 1.53. The van der Waals surface area contributed by atoms with Crippen molar-refractivity contribution >= 4 is 0 Å². The number of nitrogens with one attached hydrogen (secondary N) is 1. The van der Waals surface area contributed by atoms with Gasteiger partial charge in [-0.05, 0) is 19.1 Å². The van der Waals surface area contributed by atoms with Crippen LogP contribution in [0.5, 0.6) is 5.75 Å². The van der Waals surface area contributed by atoms with Crippen LogP contribution in [0.4, 0.5) is 0 Å². The molecule has 2 heterocycles. The Morgan fingerprint density at radius 3 is 3.33 bits per heavy atom. The average molecular weight is 208 g/mol. The zero-order valence-electron chi connectivity index (χ0n) is 8.90. The predicted molar refractivity (Wildman–Crippen MR) is 57.1 cm³/mol. The normalized spacial score (nSPS) is 21.3. The number of ether oxygens (including phenoxy) is 2. The zero-order chi connectivity index (χ0) is 10.5. The summed E-state index contributed by atoms with van der Waals surface area (Å²) in [6.45, 7) is 5.08. The summed E-state index contributed by atoms with van der Waals surface area (Å²) in [5.41, 5.74) is 0.918. The van der Waals surface area contributed by atoms with Crippen LogP contribution >= 0.6 is 0 Å². The summed E-state index contributed by atoms with van der Waals surface area (Å²) in [4.78, 5) is 4.16. The lowest BCUT2D eigenvalue weighted by Crippen LogP contribution is -2.41. The van der Waals surface area contributed by atoms with Crippen molar-refractivity contribution in [2.24, 2.45) is 0 Å². The second kappa shape index (κ2) is 5.09. The van der Waals surface area contributed by atoms with Crippen LogP contribution in [0.2, 0.25) is 0 Å². The molecule has 1 atom stereocenters. The van der Waals surface area contributed by atoms with Crippen LogP contribution in [0.3, 0.4) is 0 Å². The minimum Gasteiger partial charge on any atom is -0.489 e. The number of nitrogens with zero attached hydrogens (tertiary/aromatic N) is 1. The first-order valence-electron chi connectivity index (χ1n) is 5.23. The fraction of sp³-hybridized carbons (Fsp3) is 0.545. The Kier molecular flexibility index (Phi) is 3.53. The second-order valence-corrected chi connectivity index (χ2v) is 3.59. The molecule has 2 rings (SSSR count). The average Bonchev–Trinajstić information content (AvgIpc) is 2.29. The number of pyridine rings is 1. The van der Waals surface area contributed by atoms with Crippen molar-refractivity contribution in [3.05, 3.63) is 24.0 Å². The number of morpholine rings is 1. The molecular weight excluding hydrogens is 192 g/mol. The van der Waals surface area contributed by atoms with Gasteiger partial charge in [0, 0.05) is 19.3 Å². The number of aryl methyl sites for hydroxylation is 1. The summed E-state index contributed by atoms with van der Waals surface area (Å²) < 4.78 is 11.2. The van der Waals surface area contributed by atoms with Crippen LogP contribution in [0, 0.1) is 6.92 Å². The van der Waals surface area contributed by atoms with Crippen molar-refractivity contribution < 1.29 is 9.47 Å². The summed E-state index contributed by atoms with van der Waals surface area (Å²) in [6, 6.07) is 3.81. The molecule has 4 heteroatoms. The van der Waals surface area contributed by atoms with Crippen LogP contribution in [-0.2, 0) is 4.74 Å². The van der Waals surface area contributed by atoms with Crippen LogP contribution in [-0.4, -0.2) is 37.4 Å². The summed E-state index contributed by atoms with van der Waals surface area (Å²) in [7, 11) is 0. The van der Waals surface area contributed by atoms with Gasteiger partial charge in [-0.15, -0.1) is 0 Å². The van der Waals surface area contributed by atoms with Crippen molar-refractivity contribution in [3.8, 4) is 5.75 Å². The fourth-order valence-corrected chi connectivity index (χ4v) is 1.53. The molecule has 4 nitrogen and oxygen atoms in total. The molecule has 1 unspecified atom stereocenters. The van der Waals surface area contributed by atoms with E-state index in [0.29, 0.717) is 6.61 Å². The molecule has 0 aromatic carbocycles. The van der Waals surface area contributed by atoms with E-state index in [-0.39, 0.29) is 6.10 Å². The Morgan fingerprint density at radius 2 is 2.60 bits per heavy atom. The van der Waals surface area contributed by atoms with E-state index in [1.807, 2.05) is 19.1 Å². The van der Waals surface area contributed by atoms with Gasteiger partial charge in [0.25, 0.3) is 0 Å². The molecule has 1 aliphatic rings. The van der Waals surface area contributed by atoms with Crippen LogP contribution in [0.25, 0.3) is 0 Å². The Morgan fingerprint density at radius 1 is 1.67 bits per heavy atom. The lowest BCUT2D eigenvalue weighted by molar-refractivity contribution is -0.0000152. The van der Waals surface area contributed by atoms with Gasteiger partial charge < -0.3 is 14.8 Å². The van der Waals surface area contributed by atoms with Gasteiger partial charge in [-0.3, -0.25) is 4.98 Å². The van der Waals surface area contributed by atoms with Crippen LogP contribution < -0.4 is 10.1 Å². The van der Waals surface area contributed by atoms with E-state index in [4.69, 9.17) is 9.47 Å². The van der Waals surface area contributed by atoms with Crippen molar-refractivity contribution in [1.29, 1.82) is 0 Å². The van der Waals surface area contributed by atoms with Gasteiger partial charge in [0.15, 0.2) is 0 Å². The number of hydrogen-bond acceptors (Lipinski definition) is 4. The van der Waals surface area contributed by atoms with E-state index in [1.165, 1.54) is 0 Å². The van der Waals surface area contributed by atoms with Gasteiger partial charge in [-0.2, -0.15) is 0 Å². The zero-order valence-corrected chi connectivity index (χ0v) is 8.90. The molecule has 1 fully saturated rings. The molecule has 15 heavy (non-hydrogen) atoms. The summed E-state index contributed by atoms with van der Waals surface area (Å²) in [5, 5.41) is 3.27. The highest BCUT2D eigenvalue weighted by Gasteiger charge is 2.14. The monoisotopic (exact) mass is 208 g/mol. The highest BCUT2D eigenvalue weighted by molar-refractivity contribution is 5.25. The minimum absolute atomic E-state index is 0.151. The molecule has 0 amide bonds. The smallest absolute Gasteiger partial charge is 0.140 e. The topological polar surface area (TPSA) is 43.4 Å². The number of hydrogen-bond donors (Lipinski definition) is 1. The summed E-state index contributed by atoms with van der Waals surface area (Å²) in [6.07, 6.45) is 1.92. The second-order valence-electron chi connectivity index (χ2n) is 3.59. The quantitative estimate of drug-likeness (QED) is 0.796. The van der Waals surface area contributed by atoms with E-state index in [1.54, 1.807) is 6.20 Å². The van der Waals surface area contributed by atoms with E-state index in [2.05, 4.69) is 10.3 Å². The molecule has 1 aromatic heterocycles. The molecule has 1 aliphatic heterocycles. The maximum Gasteiger partial charge on any atom is 0.140 e. The molecule has 0 spiro atoms. The van der Waals surface area contributed by atoms with Crippen molar-refractivity contribution in [2.75, 3.05) is 26.3 Å². The summed E-state index contributed by atoms with van der Waals surface area (Å²) >= 11 is 0. The first-order chi connectivity index (χ1) is 7.36. The van der Waals surface area contributed by atoms with E-state index in [9.17, 15) is 0 Å². The van der Waals surface area contributed by atoms with Gasteiger partial charge in [0.1, 0.15) is 18.5 Å². The molecule has 0 radical (unpaired) electrons. The van der Waals surface area contributed by atoms with Crippen molar-refractivity contribution in [3.63, 3.8) is 0 Å². The third-order valence-corrected chi connectivity index (χ3v) is 2.39. The van der Waals surface area contributed by atoms with Gasteiger partial charge in [-0.1, -0.05) is 0 Å². The first kappa shape index (κ1) is 10.4. The molecule has 0 aliphatic carbocycles. The maximum atomic E-state index is 5.65. The SMILES string of the molecule is Cc1ncccc1OCC1CNCCO1. The number of aromatic nitrogens is 1. The molecule has 0 saturated carbocycles. The molecule has 1 aromatic rings. The van der Waals surface area contributed by atoms with Crippen LogP contribution in [0.1, 0.15) is 5.69 Å². The van der Waals surface area contributed by atoms with E-state index >= 15 is 0 Å². The predicted octanol–water partition coefficient (Wildman–Crippen LogP) is 0.757. The maximum absolute atomic E-state index is 5.65. The Labute approximate surface area is 89.6 Å². The van der Waals surface area contributed by atoms with Gasteiger partial charge in [0.05, 0.1) is 12.3 Å². The third kappa shape index (κ3) is 2.91.